The molecular formula is C17H16F3NO4. The first-order valence-corrected chi connectivity index (χ1v) is 7.53. The first kappa shape index (κ1) is 18.6. The number of halogens is 3. The van der Waals surface area contributed by atoms with E-state index in [-0.39, 0.29) is 12.3 Å². The van der Waals surface area contributed by atoms with Crippen molar-refractivity contribution in [3.63, 3.8) is 0 Å². The molecule has 0 saturated heterocycles. The Bertz CT molecular complexity index is 839. The van der Waals surface area contributed by atoms with Gasteiger partial charge in [-0.2, -0.15) is 13.2 Å². The van der Waals surface area contributed by atoms with Crippen molar-refractivity contribution in [2.75, 3.05) is 6.61 Å². The van der Waals surface area contributed by atoms with E-state index in [1.165, 1.54) is 6.07 Å². The fraction of sp³-hybridized carbons (Fsp3) is 0.294. The van der Waals surface area contributed by atoms with Crippen LogP contribution in [0.1, 0.15) is 35.5 Å². The Hall–Kier alpha value is -2.77. The molecule has 134 valence electrons. The lowest BCUT2D eigenvalue weighted by molar-refractivity contribution is -0.137. The molecule has 0 radical (unpaired) electrons. The largest absolute Gasteiger partial charge is 0.507 e. The number of rotatable bonds is 4. The van der Waals surface area contributed by atoms with Crippen molar-refractivity contribution in [3.8, 4) is 11.4 Å². The van der Waals surface area contributed by atoms with E-state index in [0.29, 0.717) is 12.1 Å². The molecule has 1 heterocycles. The molecule has 0 aliphatic carbocycles. The van der Waals surface area contributed by atoms with Crippen LogP contribution in [0.5, 0.6) is 5.75 Å². The zero-order valence-electron chi connectivity index (χ0n) is 13.6. The predicted molar refractivity (Wildman–Crippen MR) is 84.0 cm³/mol. The van der Waals surface area contributed by atoms with Crippen LogP contribution in [0.15, 0.2) is 35.1 Å². The van der Waals surface area contributed by atoms with Crippen LogP contribution in [0.25, 0.3) is 5.69 Å². The van der Waals surface area contributed by atoms with Crippen molar-refractivity contribution in [2.24, 2.45) is 0 Å². The third-order valence-corrected chi connectivity index (χ3v) is 3.56. The van der Waals surface area contributed by atoms with E-state index >= 15 is 0 Å². The molecule has 0 amide bonds. The highest BCUT2D eigenvalue weighted by Crippen LogP contribution is 2.30. The maximum atomic E-state index is 12.7. The van der Waals surface area contributed by atoms with E-state index < -0.39 is 34.6 Å². The normalized spacial score (nSPS) is 11.4. The van der Waals surface area contributed by atoms with Crippen LogP contribution in [-0.2, 0) is 17.3 Å². The Balaban J connectivity index is 2.66. The number of alkyl halides is 3. The number of carbonyl (C=O) groups is 1. The molecule has 25 heavy (non-hydrogen) atoms. The van der Waals surface area contributed by atoms with Gasteiger partial charge in [0, 0.05) is 17.4 Å². The summed E-state index contributed by atoms with van der Waals surface area (Å²) in [4.78, 5) is 24.6. The van der Waals surface area contributed by atoms with Crippen LogP contribution in [0.4, 0.5) is 13.2 Å². The van der Waals surface area contributed by atoms with Gasteiger partial charge in [0.1, 0.15) is 5.75 Å². The summed E-state index contributed by atoms with van der Waals surface area (Å²) >= 11 is 0. The zero-order chi connectivity index (χ0) is 18.8. The topological polar surface area (TPSA) is 68.5 Å². The van der Waals surface area contributed by atoms with Crippen LogP contribution < -0.4 is 5.56 Å². The molecular weight excluding hydrogens is 339 g/mol. The van der Waals surface area contributed by atoms with Gasteiger partial charge in [-0.15, -0.1) is 0 Å². The molecule has 0 saturated carbocycles. The van der Waals surface area contributed by atoms with Gasteiger partial charge in [-0.3, -0.25) is 9.36 Å². The number of hydrogen-bond donors (Lipinski definition) is 1. The zero-order valence-corrected chi connectivity index (χ0v) is 13.6. The van der Waals surface area contributed by atoms with Gasteiger partial charge in [-0.25, -0.2) is 4.79 Å². The second-order valence-electron chi connectivity index (χ2n) is 5.16. The Morgan fingerprint density at radius 1 is 1.20 bits per heavy atom. The van der Waals surface area contributed by atoms with Crippen LogP contribution in [-0.4, -0.2) is 22.2 Å². The van der Waals surface area contributed by atoms with E-state index in [9.17, 15) is 27.9 Å². The lowest BCUT2D eigenvalue weighted by Gasteiger charge is -2.15. The molecule has 0 bridgehead atoms. The fourth-order valence-corrected chi connectivity index (χ4v) is 2.38. The van der Waals surface area contributed by atoms with Gasteiger partial charge in [0.05, 0.1) is 12.2 Å². The first-order chi connectivity index (χ1) is 11.7. The quantitative estimate of drug-likeness (QED) is 0.855. The smallest absolute Gasteiger partial charge is 0.416 e. The molecule has 0 aliphatic heterocycles. The summed E-state index contributed by atoms with van der Waals surface area (Å²) in [5, 5.41) is 9.96. The highest BCUT2D eigenvalue weighted by Gasteiger charge is 2.30. The van der Waals surface area contributed by atoms with E-state index in [0.717, 1.165) is 28.8 Å². The average Bonchev–Trinajstić information content (AvgIpc) is 2.54. The minimum Gasteiger partial charge on any atom is -0.507 e. The van der Waals surface area contributed by atoms with Crippen LogP contribution >= 0.6 is 0 Å². The van der Waals surface area contributed by atoms with E-state index in [2.05, 4.69) is 0 Å². The number of aromatic nitrogens is 1. The molecule has 2 rings (SSSR count). The van der Waals surface area contributed by atoms with Crippen molar-refractivity contribution < 1.29 is 27.8 Å². The summed E-state index contributed by atoms with van der Waals surface area (Å²) < 4.78 is 43.9. The minimum atomic E-state index is -4.50. The monoisotopic (exact) mass is 355 g/mol. The van der Waals surface area contributed by atoms with Crippen molar-refractivity contribution in [1.29, 1.82) is 0 Å². The molecule has 0 unspecified atom stereocenters. The van der Waals surface area contributed by atoms with Gasteiger partial charge >= 0.3 is 12.1 Å². The molecule has 1 aromatic heterocycles. The van der Waals surface area contributed by atoms with E-state index in [4.69, 9.17) is 4.74 Å². The summed E-state index contributed by atoms with van der Waals surface area (Å²) in [6, 6.07) is 5.19. The van der Waals surface area contributed by atoms with Crippen molar-refractivity contribution in [1.82, 2.24) is 4.57 Å². The van der Waals surface area contributed by atoms with Crippen LogP contribution in [0, 0.1) is 0 Å². The molecule has 8 heteroatoms. The first-order valence-electron chi connectivity index (χ1n) is 7.53. The number of esters is 1. The highest BCUT2D eigenvalue weighted by molar-refractivity contribution is 5.92. The number of benzene rings is 1. The molecule has 0 fully saturated rings. The number of carbonyl (C=O) groups excluding carboxylic acids is 1. The number of pyridine rings is 1. The summed E-state index contributed by atoms with van der Waals surface area (Å²) in [5.74, 6) is -1.52. The van der Waals surface area contributed by atoms with Gasteiger partial charge in [0.2, 0.25) is 0 Å². The highest BCUT2D eigenvalue weighted by atomic mass is 19.4. The number of aromatic hydroxyl groups is 1. The Morgan fingerprint density at radius 3 is 2.28 bits per heavy atom. The molecule has 5 nitrogen and oxygen atoms in total. The van der Waals surface area contributed by atoms with Crippen LogP contribution in [0.3, 0.4) is 0 Å². The van der Waals surface area contributed by atoms with Crippen molar-refractivity contribution in [3.05, 3.63) is 57.5 Å². The maximum Gasteiger partial charge on any atom is 0.416 e. The van der Waals surface area contributed by atoms with Crippen molar-refractivity contribution in [2.45, 2.75) is 26.4 Å². The van der Waals surface area contributed by atoms with Gasteiger partial charge in [-0.05, 0) is 37.6 Å². The van der Waals surface area contributed by atoms with E-state index in [1.807, 2.05) is 0 Å². The SMILES string of the molecule is CCOC(=O)c1c(O)cc(CC)n(-c2ccc(C(F)(F)F)cc2)c1=O. The molecule has 2 aromatic rings. The van der Waals surface area contributed by atoms with Gasteiger partial charge in [0.25, 0.3) is 5.56 Å². The van der Waals surface area contributed by atoms with Gasteiger partial charge < -0.3 is 9.84 Å². The van der Waals surface area contributed by atoms with Crippen LogP contribution in [0.2, 0.25) is 0 Å². The maximum absolute atomic E-state index is 12.7. The average molecular weight is 355 g/mol. The van der Waals surface area contributed by atoms with E-state index in [1.54, 1.807) is 13.8 Å². The number of hydrogen-bond acceptors (Lipinski definition) is 4. The Morgan fingerprint density at radius 2 is 1.80 bits per heavy atom. The third kappa shape index (κ3) is 3.67. The number of ether oxygens (including phenoxy) is 1. The third-order valence-electron chi connectivity index (χ3n) is 3.56. The van der Waals surface area contributed by atoms with Crippen molar-refractivity contribution >= 4 is 5.97 Å². The lowest BCUT2D eigenvalue weighted by Crippen LogP contribution is -2.28. The Kier molecular flexibility index (Phi) is 5.20. The molecule has 1 aromatic carbocycles. The summed E-state index contributed by atoms with van der Waals surface area (Å²) in [6.45, 7) is 3.26. The van der Waals surface area contributed by atoms with Gasteiger partial charge in [0.15, 0.2) is 5.56 Å². The molecule has 1 N–H and O–H groups in total. The standard InChI is InChI=1S/C17H16F3NO4/c1-3-11-9-13(22)14(16(24)25-4-2)15(23)21(11)12-7-5-10(6-8-12)17(18,19)20/h5-9,22H,3-4H2,1-2H3. The molecule has 0 atom stereocenters. The molecule has 0 aliphatic rings. The fourth-order valence-electron chi connectivity index (χ4n) is 2.38. The Labute approximate surface area is 141 Å². The summed E-state index contributed by atoms with van der Waals surface area (Å²) in [7, 11) is 0. The number of nitrogens with zero attached hydrogens (tertiary/aromatic N) is 1. The summed E-state index contributed by atoms with van der Waals surface area (Å²) in [5.41, 5.74) is -1.77. The lowest BCUT2D eigenvalue weighted by atomic mass is 10.1. The minimum absolute atomic E-state index is 0.00746. The summed E-state index contributed by atoms with van der Waals surface area (Å²) in [6.07, 6.45) is -4.19. The number of aryl methyl sites for hydroxylation is 1. The second kappa shape index (κ2) is 7.00. The predicted octanol–water partition coefficient (Wildman–Crippen LogP) is 3.30. The van der Waals surface area contributed by atoms with Gasteiger partial charge in [-0.1, -0.05) is 6.92 Å². The second-order valence-corrected chi connectivity index (χ2v) is 5.16. The molecule has 0 spiro atoms.